The lowest BCUT2D eigenvalue weighted by Crippen LogP contribution is -2.04. The first-order chi connectivity index (χ1) is 15.0. The Kier molecular flexibility index (Phi) is 7.68. The van der Waals surface area contributed by atoms with Gasteiger partial charge in [0, 0.05) is 23.1 Å². The summed E-state index contributed by atoms with van der Waals surface area (Å²) in [7, 11) is -4.35. The summed E-state index contributed by atoms with van der Waals surface area (Å²) in [5, 5.41) is 9.97. The van der Waals surface area contributed by atoms with Crippen molar-refractivity contribution in [2.24, 2.45) is 0 Å². The van der Waals surface area contributed by atoms with Gasteiger partial charge in [-0.1, -0.05) is 12.1 Å². The molecule has 3 N–H and O–H groups in total. The van der Waals surface area contributed by atoms with Crippen LogP contribution in [0.5, 0.6) is 23.0 Å². The molecule has 170 valence electrons. The maximum Gasteiger partial charge on any atom is 0.362 e. The first-order valence-corrected chi connectivity index (χ1v) is 12.7. The van der Waals surface area contributed by atoms with Gasteiger partial charge < -0.3 is 24.4 Å². The maximum atomic E-state index is 13.2. The molecule has 32 heavy (non-hydrogen) atoms. The van der Waals surface area contributed by atoms with E-state index in [-0.39, 0.29) is 11.6 Å². The molecule has 0 aliphatic heterocycles. The van der Waals surface area contributed by atoms with Crippen LogP contribution in [0.15, 0.2) is 51.4 Å². The molecule has 0 radical (unpaired) electrons. The van der Waals surface area contributed by atoms with Crippen LogP contribution in [0.25, 0.3) is 0 Å². The fourth-order valence-corrected chi connectivity index (χ4v) is 4.59. The molecule has 3 rings (SSSR count). The quantitative estimate of drug-likeness (QED) is 0.270. The molecule has 0 aromatic heterocycles. The Hall–Kier alpha value is -1.90. The van der Waals surface area contributed by atoms with Crippen molar-refractivity contribution in [1.29, 1.82) is 0 Å². The van der Waals surface area contributed by atoms with E-state index in [2.05, 4.69) is 31.9 Å². The van der Waals surface area contributed by atoms with Crippen LogP contribution in [-0.4, -0.2) is 21.2 Å². The molecule has 0 spiro atoms. The van der Waals surface area contributed by atoms with Crippen LogP contribution in [0.2, 0.25) is 0 Å². The molecular formula is C22H20Br2FO6P. The van der Waals surface area contributed by atoms with Crippen molar-refractivity contribution >= 4 is 39.5 Å². The highest BCUT2D eigenvalue weighted by Gasteiger charge is 2.23. The summed E-state index contributed by atoms with van der Waals surface area (Å²) in [6, 6.07) is 10.8. The lowest BCUT2D eigenvalue weighted by atomic mass is 10.0. The van der Waals surface area contributed by atoms with Crippen molar-refractivity contribution in [3.05, 3.63) is 79.5 Å². The molecular weight excluding hydrogens is 570 g/mol. The molecule has 0 bridgehead atoms. The Balaban J connectivity index is 1.98. The van der Waals surface area contributed by atoms with Gasteiger partial charge in [0.05, 0.1) is 8.95 Å². The predicted octanol–water partition coefficient (Wildman–Crippen LogP) is 6.57. The minimum absolute atomic E-state index is 0.0705. The van der Waals surface area contributed by atoms with Crippen LogP contribution in [0.4, 0.5) is 4.39 Å². The zero-order valence-electron chi connectivity index (χ0n) is 17.1. The number of hydrogen-bond donors (Lipinski definition) is 3. The van der Waals surface area contributed by atoms with Gasteiger partial charge in [-0.15, -0.1) is 0 Å². The van der Waals surface area contributed by atoms with Crippen molar-refractivity contribution < 1.29 is 33.3 Å². The molecule has 0 fully saturated rings. The Bertz CT molecular complexity index is 1170. The van der Waals surface area contributed by atoms with Crippen molar-refractivity contribution in [1.82, 2.24) is 0 Å². The van der Waals surface area contributed by atoms with Crippen molar-refractivity contribution in [2.75, 3.05) is 6.35 Å². The van der Waals surface area contributed by atoms with Gasteiger partial charge in [0.15, 0.2) is 12.1 Å². The lowest BCUT2D eigenvalue weighted by molar-refractivity contribution is 0.298. The van der Waals surface area contributed by atoms with Gasteiger partial charge >= 0.3 is 7.60 Å². The normalized spacial score (nSPS) is 11.5. The molecule has 0 aliphatic rings. The summed E-state index contributed by atoms with van der Waals surface area (Å²) in [6.45, 7) is 3.48. The van der Waals surface area contributed by atoms with Gasteiger partial charge in [0.25, 0.3) is 0 Å². The molecule has 0 amide bonds. The van der Waals surface area contributed by atoms with Crippen LogP contribution in [-0.2, 0) is 11.0 Å². The highest BCUT2D eigenvalue weighted by atomic mass is 79.9. The number of phenols is 1. The van der Waals surface area contributed by atoms with E-state index in [1.165, 1.54) is 18.2 Å². The summed E-state index contributed by atoms with van der Waals surface area (Å²) in [6.07, 6.45) is -0.339. The Morgan fingerprint density at radius 2 is 1.56 bits per heavy atom. The third-order valence-electron chi connectivity index (χ3n) is 4.68. The first kappa shape index (κ1) is 24.7. The first-order valence-electron chi connectivity index (χ1n) is 9.36. The average molecular weight is 590 g/mol. The Labute approximate surface area is 201 Å². The van der Waals surface area contributed by atoms with Crippen LogP contribution in [0.1, 0.15) is 22.3 Å². The number of aromatic hydroxyl groups is 1. The average Bonchev–Trinajstić information content (AvgIpc) is 2.72. The van der Waals surface area contributed by atoms with E-state index < -0.39 is 13.9 Å². The third-order valence-corrected chi connectivity index (χ3v) is 7.05. The lowest BCUT2D eigenvalue weighted by Gasteiger charge is -2.20. The molecule has 0 aliphatic carbocycles. The number of benzene rings is 3. The second kappa shape index (κ2) is 9.93. The molecule has 0 saturated carbocycles. The monoisotopic (exact) mass is 588 g/mol. The molecule has 0 unspecified atom stereocenters. The SMILES string of the molecule is Cc1c(Br)c(Oc2ccc(O)cc2Cc2ccc(F)cc2)c(Br)c(C)c1OCP(=O)(O)O. The zero-order chi connectivity index (χ0) is 23.6. The van der Waals surface area contributed by atoms with Crippen LogP contribution >= 0.6 is 39.5 Å². The van der Waals surface area contributed by atoms with E-state index in [1.807, 2.05) is 0 Å². The van der Waals surface area contributed by atoms with E-state index >= 15 is 0 Å². The molecule has 0 heterocycles. The van der Waals surface area contributed by atoms with E-state index in [1.54, 1.807) is 38.1 Å². The van der Waals surface area contributed by atoms with E-state index in [0.717, 1.165) is 5.56 Å². The van der Waals surface area contributed by atoms with Gasteiger partial charge in [0.1, 0.15) is 23.1 Å². The summed E-state index contributed by atoms with van der Waals surface area (Å²) in [4.78, 5) is 18.3. The van der Waals surface area contributed by atoms with Crippen molar-refractivity contribution in [3.63, 3.8) is 0 Å². The molecule has 3 aromatic rings. The summed E-state index contributed by atoms with van der Waals surface area (Å²) < 4.78 is 37.1. The number of ether oxygens (including phenoxy) is 2. The van der Waals surface area contributed by atoms with Crippen molar-refractivity contribution in [3.8, 4) is 23.0 Å². The second-order valence-electron chi connectivity index (χ2n) is 7.17. The Morgan fingerprint density at radius 1 is 0.969 bits per heavy atom. The van der Waals surface area contributed by atoms with Gasteiger partial charge in [-0.2, -0.15) is 0 Å². The fourth-order valence-electron chi connectivity index (χ4n) is 3.11. The highest BCUT2D eigenvalue weighted by Crippen LogP contribution is 2.48. The molecule has 0 saturated heterocycles. The minimum Gasteiger partial charge on any atom is -0.508 e. The van der Waals surface area contributed by atoms with Gasteiger partial charge in [0.2, 0.25) is 0 Å². The molecule has 3 aromatic carbocycles. The van der Waals surface area contributed by atoms with Crippen LogP contribution in [0, 0.1) is 19.7 Å². The predicted molar refractivity (Wildman–Crippen MR) is 126 cm³/mol. The summed E-state index contributed by atoms with van der Waals surface area (Å²) in [5.74, 6) is 0.990. The van der Waals surface area contributed by atoms with Gasteiger partial charge in [-0.25, -0.2) is 4.39 Å². The number of halogens is 3. The minimum atomic E-state index is -4.35. The number of rotatable bonds is 7. The molecule has 6 nitrogen and oxygen atoms in total. The number of phenolic OH excluding ortho intramolecular Hbond substituents is 1. The summed E-state index contributed by atoms with van der Waals surface area (Å²) in [5.41, 5.74) is 2.74. The van der Waals surface area contributed by atoms with E-state index in [0.29, 0.717) is 49.3 Å². The topological polar surface area (TPSA) is 96.2 Å². The molecule has 0 atom stereocenters. The largest absolute Gasteiger partial charge is 0.508 e. The van der Waals surface area contributed by atoms with Gasteiger partial charge in [-0.05, 0) is 81.6 Å². The standard InChI is InChI=1S/C22H20Br2FO6P/c1-12-19(23)22(20(24)13(2)21(12)30-11-32(27,28)29)31-18-8-7-17(26)10-15(18)9-14-3-5-16(25)6-4-14/h3-8,10,26H,9,11H2,1-2H3,(H2,27,28,29). The van der Waals surface area contributed by atoms with E-state index in [9.17, 15) is 14.1 Å². The maximum absolute atomic E-state index is 13.2. The van der Waals surface area contributed by atoms with Crippen LogP contribution < -0.4 is 9.47 Å². The summed E-state index contributed by atoms with van der Waals surface area (Å²) >= 11 is 6.98. The number of hydrogen-bond acceptors (Lipinski definition) is 4. The smallest absolute Gasteiger partial charge is 0.362 e. The van der Waals surface area contributed by atoms with Gasteiger partial charge in [-0.3, -0.25) is 4.57 Å². The highest BCUT2D eigenvalue weighted by molar-refractivity contribution is 9.11. The zero-order valence-corrected chi connectivity index (χ0v) is 21.2. The van der Waals surface area contributed by atoms with E-state index in [4.69, 9.17) is 19.3 Å². The fraction of sp³-hybridized carbons (Fsp3) is 0.182. The van der Waals surface area contributed by atoms with Crippen molar-refractivity contribution in [2.45, 2.75) is 20.3 Å². The third kappa shape index (κ3) is 5.91. The van der Waals surface area contributed by atoms with Crippen LogP contribution in [0.3, 0.4) is 0 Å². The molecule has 10 heteroatoms. The Morgan fingerprint density at radius 3 is 2.12 bits per heavy atom. The second-order valence-corrected chi connectivity index (χ2v) is 10.3.